The second kappa shape index (κ2) is 5.45. The SMILES string of the molecule is C=C1CC2CO[C@H](OCc3ccccc3)[C@@H](O)C2C1. The van der Waals surface area contributed by atoms with Crippen LogP contribution in [0.5, 0.6) is 0 Å². The number of aliphatic hydroxyl groups excluding tert-OH is 1. The summed E-state index contributed by atoms with van der Waals surface area (Å²) in [5, 5.41) is 10.3. The van der Waals surface area contributed by atoms with E-state index >= 15 is 0 Å². The Hall–Kier alpha value is -1.16. The van der Waals surface area contributed by atoms with Crippen molar-refractivity contribution in [3.05, 3.63) is 48.0 Å². The van der Waals surface area contributed by atoms with E-state index in [9.17, 15) is 5.11 Å². The van der Waals surface area contributed by atoms with E-state index in [4.69, 9.17) is 9.47 Å². The van der Waals surface area contributed by atoms with Crippen LogP contribution < -0.4 is 0 Å². The van der Waals surface area contributed by atoms with Crippen LogP contribution in [0.15, 0.2) is 42.5 Å². The Balaban J connectivity index is 1.59. The second-order valence-electron chi connectivity index (χ2n) is 5.57. The number of ether oxygens (including phenoxy) is 2. The van der Waals surface area contributed by atoms with Gasteiger partial charge in [0.25, 0.3) is 0 Å². The first kappa shape index (κ1) is 12.9. The highest BCUT2D eigenvalue weighted by Crippen LogP contribution is 2.41. The van der Waals surface area contributed by atoms with Crippen molar-refractivity contribution in [2.75, 3.05) is 6.61 Å². The van der Waals surface area contributed by atoms with Gasteiger partial charge >= 0.3 is 0 Å². The van der Waals surface area contributed by atoms with E-state index in [-0.39, 0.29) is 5.92 Å². The lowest BCUT2D eigenvalue weighted by Gasteiger charge is -2.36. The van der Waals surface area contributed by atoms with Crippen molar-refractivity contribution in [1.29, 1.82) is 0 Å². The summed E-state index contributed by atoms with van der Waals surface area (Å²) in [6.07, 6.45) is 0.835. The van der Waals surface area contributed by atoms with Crippen molar-refractivity contribution in [3.8, 4) is 0 Å². The van der Waals surface area contributed by atoms with E-state index in [2.05, 4.69) is 6.58 Å². The molecule has 0 aromatic heterocycles. The van der Waals surface area contributed by atoms with Crippen molar-refractivity contribution in [2.24, 2.45) is 11.8 Å². The largest absolute Gasteiger partial charge is 0.388 e. The normalized spacial score (nSPS) is 34.3. The van der Waals surface area contributed by atoms with Crippen LogP contribution in [0.4, 0.5) is 0 Å². The monoisotopic (exact) mass is 260 g/mol. The quantitative estimate of drug-likeness (QED) is 0.849. The predicted molar refractivity (Wildman–Crippen MR) is 72.3 cm³/mol. The number of fused-ring (bicyclic) bond motifs is 1. The summed E-state index contributed by atoms with van der Waals surface area (Å²) in [5.74, 6) is 0.668. The molecule has 1 saturated carbocycles. The fourth-order valence-electron chi connectivity index (χ4n) is 3.11. The van der Waals surface area contributed by atoms with Crippen molar-refractivity contribution in [1.82, 2.24) is 0 Å². The number of hydrogen-bond acceptors (Lipinski definition) is 3. The topological polar surface area (TPSA) is 38.7 Å². The third-order valence-electron chi connectivity index (χ3n) is 4.13. The molecular weight excluding hydrogens is 240 g/mol. The van der Waals surface area contributed by atoms with Gasteiger partial charge in [0.1, 0.15) is 6.10 Å². The van der Waals surface area contributed by atoms with Gasteiger partial charge in [0, 0.05) is 0 Å². The minimum atomic E-state index is -0.540. The van der Waals surface area contributed by atoms with E-state index in [1.54, 1.807) is 0 Å². The minimum absolute atomic E-state index is 0.252. The maximum absolute atomic E-state index is 10.3. The molecule has 3 heteroatoms. The third kappa shape index (κ3) is 2.73. The number of benzene rings is 1. The van der Waals surface area contributed by atoms with Gasteiger partial charge in [0.05, 0.1) is 13.2 Å². The molecule has 0 bridgehead atoms. The molecule has 2 fully saturated rings. The molecule has 2 unspecified atom stereocenters. The fourth-order valence-corrected chi connectivity index (χ4v) is 3.11. The first-order valence-electron chi connectivity index (χ1n) is 6.86. The molecule has 1 aromatic rings. The van der Waals surface area contributed by atoms with Gasteiger partial charge in [-0.3, -0.25) is 0 Å². The molecule has 1 aliphatic carbocycles. The molecule has 1 N–H and O–H groups in total. The van der Waals surface area contributed by atoms with Gasteiger partial charge in [-0.05, 0) is 30.2 Å². The summed E-state index contributed by atoms with van der Waals surface area (Å²) in [7, 11) is 0. The highest BCUT2D eigenvalue weighted by molar-refractivity contribution is 5.13. The summed E-state index contributed by atoms with van der Waals surface area (Å²) in [6, 6.07) is 9.96. The molecule has 1 heterocycles. The van der Waals surface area contributed by atoms with Crippen LogP contribution in [0.2, 0.25) is 0 Å². The average molecular weight is 260 g/mol. The summed E-state index contributed by atoms with van der Waals surface area (Å²) >= 11 is 0. The van der Waals surface area contributed by atoms with Gasteiger partial charge < -0.3 is 14.6 Å². The van der Waals surface area contributed by atoms with Crippen LogP contribution >= 0.6 is 0 Å². The van der Waals surface area contributed by atoms with Gasteiger partial charge in [0.2, 0.25) is 0 Å². The molecule has 4 atom stereocenters. The zero-order valence-corrected chi connectivity index (χ0v) is 11.0. The predicted octanol–water partition coefficient (Wildman–Crippen LogP) is 2.50. The molecule has 19 heavy (non-hydrogen) atoms. The highest BCUT2D eigenvalue weighted by Gasteiger charge is 2.43. The number of aliphatic hydroxyl groups is 1. The Morgan fingerprint density at radius 2 is 2.05 bits per heavy atom. The lowest BCUT2D eigenvalue weighted by atomic mass is 9.89. The molecule has 0 radical (unpaired) electrons. The molecule has 3 rings (SSSR count). The highest BCUT2D eigenvalue weighted by atomic mass is 16.7. The van der Waals surface area contributed by atoms with Crippen LogP contribution in [0, 0.1) is 11.8 Å². The molecule has 0 amide bonds. The second-order valence-corrected chi connectivity index (χ2v) is 5.57. The molecule has 2 aliphatic rings. The van der Waals surface area contributed by atoms with Crippen LogP contribution in [0.3, 0.4) is 0 Å². The molecule has 1 aromatic carbocycles. The fraction of sp³-hybridized carbons (Fsp3) is 0.500. The van der Waals surface area contributed by atoms with Crippen LogP contribution in [0.25, 0.3) is 0 Å². The standard InChI is InChI=1S/C16H20O3/c1-11-7-13-10-19-16(15(17)14(13)8-11)18-9-12-5-3-2-4-6-12/h2-6,13-17H,1,7-10H2/t13?,14?,15-,16-/m0/s1. The van der Waals surface area contributed by atoms with Crippen LogP contribution in [-0.2, 0) is 16.1 Å². The van der Waals surface area contributed by atoms with Gasteiger partial charge in [-0.15, -0.1) is 0 Å². The Kier molecular flexibility index (Phi) is 3.69. The van der Waals surface area contributed by atoms with E-state index in [0.717, 1.165) is 18.4 Å². The lowest BCUT2D eigenvalue weighted by molar-refractivity contribution is -0.246. The molecule has 102 valence electrons. The van der Waals surface area contributed by atoms with Crippen molar-refractivity contribution < 1.29 is 14.6 Å². The molecule has 1 saturated heterocycles. The maximum atomic E-state index is 10.3. The van der Waals surface area contributed by atoms with Gasteiger partial charge in [-0.25, -0.2) is 0 Å². The smallest absolute Gasteiger partial charge is 0.184 e. The maximum Gasteiger partial charge on any atom is 0.184 e. The number of rotatable bonds is 3. The zero-order chi connectivity index (χ0) is 13.2. The molecule has 3 nitrogen and oxygen atoms in total. The molecule has 1 aliphatic heterocycles. The van der Waals surface area contributed by atoms with Crippen molar-refractivity contribution >= 4 is 0 Å². The summed E-state index contributed by atoms with van der Waals surface area (Å²) in [4.78, 5) is 0. The number of allylic oxidation sites excluding steroid dienone is 1. The van der Waals surface area contributed by atoms with E-state index < -0.39 is 12.4 Å². The van der Waals surface area contributed by atoms with Crippen molar-refractivity contribution in [2.45, 2.75) is 31.8 Å². The zero-order valence-electron chi connectivity index (χ0n) is 11.0. The van der Waals surface area contributed by atoms with E-state index in [1.807, 2.05) is 30.3 Å². The summed E-state index contributed by atoms with van der Waals surface area (Å²) < 4.78 is 11.4. The minimum Gasteiger partial charge on any atom is -0.388 e. The first-order valence-corrected chi connectivity index (χ1v) is 6.86. The van der Waals surface area contributed by atoms with E-state index in [1.165, 1.54) is 5.57 Å². The van der Waals surface area contributed by atoms with Crippen LogP contribution in [-0.4, -0.2) is 24.1 Å². The first-order chi connectivity index (χ1) is 9.24. The summed E-state index contributed by atoms with van der Waals surface area (Å²) in [5.41, 5.74) is 2.32. The lowest BCUT2D eigenvalue weighted by Crippen LogP contribution is -2.45. The Labute approximate surface area is 113 Å². The van der Waals surface area contributed by atoms with Crippen LogP contribution in [0.1, 0.15) is 18.4 Å². The Morgan fingerprint density at radius 1 is 1.26 bits per heavy atom. The van der Waals surface area contributed by atoms with Crippen molar-refractivity contribution in [3.63, 3.8) is 0 Å². The van der Waals surface area contributed by atoms with Gasteiger partial charge in [-0.1, -0.05) is 42.5 Å². The summed E-state index contributed by atoms with van der Waals surface area (Å²) in [6.45, 7) is 5.16. The van der Waals surface area contributed by atoms with Gasteiger partial charge in [-0.2, -0.15) is 0 Å². The number of hydrogen-bond donors (Lipinski definition) is 1. The average Bonchev–Trinajstić information content (AvgIpc) is 2.81. The molecule has 0 spiro atoms. The molecular formula is C16H20O3. The van der Waals surface area contributed by atoms with E-state index in [0.29, 0.717) is 19.1 Å². The Morgan fingerprint density at radius 3 is 2.84 bits per heavy atom. The van der Waals surface area contributed by atoms with Gasteiger partial charge in [0.15, 0.2) is 6.29 Å². The third-order valence-corrected chi connectivity index (χ3v) is 4.13. The Bertz CT molecular complexity index is 443.